The van der Waals surface area contributed by atoms with E-state index in [0.29, 0.717) is 50.1 Å². The van der Waals surface area contributed by atoms with E-state index in [2.05, 4.69) is 51.3 Å². The summed E-state index contributed by atoms with van der Waals surface area (Å²) in [6, 6.07) is 12.3. The predicted molar refractivity (Wildman–Crippen MR) is 189 cm³/mol. The van der Waals surface area contributed by atoms with Crippen molar-refractivity contribution in [3.05, 3.63) is 70.8 Å². The molecule has 2 bridgehead atoms. The largest absolute Gasteiger partial charge is 0.490 e. The van der Waals surface area contributed by atoms with Gasteiger partial charge in [-0.3, -0.25) is 14.3 Å². The summed E-state index contributed by atoms with van der Waals surface area (Å²) in [6.45, 7) is 7.16. The smallest absolute Gasteiger partial charge is 0.286 e. The molecule has 8 rings (SSSR count). The van der Waals surface area contributed by atoms with Crippen LogP contribution in [0.1, 0.15) is 72.5 Å². The zero-order valence-corrected chi connectivity index (χ0v) is 29.8. The highest BCUT2D eigenvalue weighted by Gasteiger charge is 2.64. The summed E-state index contributed by atoms with van der Waals surface area (Å²) in [5, 5.41) is 0. The number of rotatable bonds is 3. The Morgan fingerprint density at radius 1 is 1.16 bits per heavy atom. The SMILES string of the molecule is CO[C@H]1/C=C/C[C@H](C)CS(=O)(NC(=O)[C@]23COCC2C3)=NC(=O)c2ccc3c(c2)N(C[C@@H]2CC[C@H]21)C[C@@]1(CCCc2cc(C)ccc21)CO3. The van der Waals surface area contributed by atoms with Gasteiger partial charge in [-0.25, -0.2) is 4.21 Å². The number of hydrogen-bond acceptors (Lipinski definition) is 7. The van der Waals surface area contributed by atoms with Crippen LogP contribution < -0.4 is 14.4 Å². The van der Waals surface area contributed by atoms with Crippen molar-refractivity contribution < 1.29 is 28.0 Å². The molecule has 2 aromatic rings. The molecule has 0 radical (unpaired) electrons. The van der Waals surface area contributed by atoms with Crippen LogP contribution in [-0.4, -0.2) is 67.9 Å². The molecule has 1 saturated heterocycles. The van der Waals surface area contributed by atoms with Crippen molar-refractivity contribution in [1.82, 2.24) is 4.72 Å². The first-order valence-electron chi connectivity index (χ1n) is 18.1. The average molecular weight is 688 g/mol. The zero-order chi connectivity index (χ0) is 34.0. The van der Waals surface area contributed by atoms with Gasteiger partial charge in [0.1, 0.15) is 15.7 Å². The van der Waals surface area contributed by atoms with Gasteiger partial charge >= 0.3 is 0 Å². The number of fused-ring (bicyclic) bond motifs is 5. The van der Waals surface area contributed by atoms with Gasteiger partial charge in [0.25, 0.3) is 5.91 Å². The maximum Gasteiger partial charge on any atom is 0.286 e. The fourth-order valence-corrected chi connectivity index (χ4v) is 11.3. The minimum Gasteiger partial charge on any atom is -0.490 e. The van der Waals surface area contributed by atoms with Gasteiger partial charge in [-0.05, 0) is 98.9 Å². The summed E-state index contributed by atoms with van der Waals surface area (Å²) in [5.41, 5.74) is 4.42. The molecule has 3 aliphatic heterocycles. The molecule has 49 heavy (non-hydrogen) atoms. The highest BCUT2D eigenvalue weighted by atomic mass is 32.2. The molecule has 2 aromatic carbocycles. The number of nitrogens with zero attached hydrogens (tertiary/aromatic N) is 2. The lowest BCUT2D eigenvalue weighted by molar-refractivity contribution is -0.125. The highest BCUT2D eigenvalue weighted by Crippen LogP contribution is 2.57. The number of allylic oxidation sites excluding steroid dienone is 1. The van der Waals surface area contributed by atoms with E-state index >= 15 is 0 Å². The topological polar surface area (TPSA) is 107 Å². The molecule has 262 valence electrons. The molecule has 3 aliphatic carbocycles. The molecule has 6 aliphatic rings. The van der Waals surface area contributed by atoms with Gasteiger partial charge in [-0.2, -0.15) is 0 Å². The van der Waals surface area contributed by atoms with Crippen LogP contribution in [0.2, 0.25) is 0 Å². The van der Waals surface area contributed by atoms with Gasteiger partial charge in [-0.1, -0.05) is 42.8 Å². The van der Waals surface area contributed by atoms with Crippen molar-refractivity contribution in [3.63, 3.8) is 0 Å². The maximum atomic E-state index is 14.5. The fraction of sp³-hybridized carbons (Fsp3) is 0.590. The molecule has 2 saturated carbocycles. The van der Waals surface area contributed by atoms with E-state index in [0.717, 1.165) is 56.6 Å². The lowest BCUT2D eigenvalue weighted by Gasteiger charge is -2.46. The Labute approximate surface area is 290 Å². The van der Waals surface area contributed by atoms with E-state index in [-0.39, 0.29) is 35.0 Å². The number of benzene rings is 2. The first-order chi connectivity index (χ1) is 23.6. The van der Waals surface area contributed by atoms with Gasteiger partial charge in [0, 0.05) is 37.1 Å². The first-order valence-corrected chi connectivity index (χ1v) is 19.8. The molecule has 0 aromatic heterocycles. The predicted octanol–water partition coefficient (Wildman–Crippen LogP) is 5.78. The van der Waals surface area contributed by atoms with E-state index in [1.54, 1.807) is 13.2 Å². The quantitative estimate of drug-likeness (QED) is 0.408. The number of methoxy groups -OCH3 is 1. The summed E-state index contributed by atoms with van der Waals surface area (Å²) in [6.07, 6.45) is 11.0. The number of hydrogen-bond donors (Lipinski definition) is 1. The van der Waals surface area contributed by atoms with Crippen LogP contribution in [0.25, 0.3) is 0 Å². The van der Waals surface area contributed by atoms with E-state index in [4.69, 9.17) is 14.2 Å². The summed E-state index contributed by atoms with van der Waals surface area (Å²) in [5.74, 6) is 0.747. The summed E-state index contributed by atoms with van der Waals surface area (Å²) in [7, 11) is -1.65. The van der Waals surface area contributed by atoms with Crippen molar-refractivity contribution in [1.29, 1.82) is 0 Å². The van der Waals surface area contributed by atoms with E-state index in [1.807, 2.05) is 19.1 Å². The van der Waals surface area contributed by atoms with E-state index in [9.17, 15) is 13.8 Å². The van der Waals surface area contributed by atoms with Crippen LogP contribution in [0.4, 0.5) is 5.69 Å². The van der Waals surface area contributed by atoms with Crippen LogP contribution >= 0.6 is 0 Å². The second kappa shape index (κ2) is 12.5. The lowest BCUT2D eigenvalue weighted by Crippen LogP contribution is -2.49. The van der Waals surface area contributed by atoms with Gasteiger partial charge < -0.3 is 19.1 Å². The van der Waals surface area contributed by atoms with Crippen molar-refractivity contribution in [2.75, 3.05) is 50.7 Å². The number of anilines is 1. The van der Waals surface area contributed by atoms with Crippen LogP contribution in [-0.2, 0) is 36.0 Å². The van der Waals surface area contributed by atoms with Crippen LogP contribution in [0.5, 0.6) is 5.75 Å². The Morgan fingerprint density at radius 2 is 2.04 bits per heavy atom. The van der Waals surface area contributed by atoms with Crippen molar-refractivity contribution >= 4 is 27.4 Å². The number of carbonyl (C=O) groups is 2. The number of carbonyl (C=O) groups excluding carboxylic acids is 2. The molecule has 8 atom stereocenters. The van der Waals surface area contributed by atoms with E-state index in [1.165, 1.54) is 16.7 Å². The molecule has 3 heterocycles. The fourth-order valence-electron chi connectivity index (χ4n) is 9.28. The number of ether oxygens (including phenoxy) is 3. The monoisotopic (exact) mass is 687 g/mol. The molecule has 3 fully saturated rings. The molecule has 2 unspecified atom stereocenters. The third-order valence-electron chi connectivity index (χ3n) is 12.3. The second-order valence-corrected chi connectivity index (χ2v) is 17.8. The standard InChI is InChI=1S/C39H49N3O6S/c1-25-9-13-32-27(16-25)7-5-15-38(32)22-42-19-29-10-12-31(29)34(46-3)8-4-6-26(2)21-49(45,41-37(44)39-18-30(39)20-47-24-39)40-36(43)28-11-14-35(48-23-38)33(42)17-28/h4,8-9,11,13-14,16-17,26,29-31,34H,5-7,10,12,15,18-24H2,1-3H3,(H,40,41,43,44,45)/b8-4+/t26-,29-,30?,31+,34-,38-,39+,49?/m0/s1. The van der Waals surface area contributed by atoms with E-state index < -0.39 is 21.2 Å². The van der Waals surface area contributed by atoms with Crippen molar-refractivity contribution in [2.45, 2.75) is 70.3 Å². The van der Waals surface area contributed by atoms with Crippen LogP contribution in [0.3, 0.4) is 0 Å². The van der Waals surface area contributed by atoms with Gasteiger partial charge in [-0.15, -0.1) is 4.36 Å². The minimum absolute atomic E-state index is 0.0242. The highest BCUT2D eigenvalue weighted by molar-refractivity contribution is 7.92. The van der Waals surface area contributed by atoms with Crippen molar-refractivity contribution in [2.24, 2.45) is 33.4 Å². The Bertz CT molecular complexity index is 1820. The molecule has 1 N–H and O–H groups in total. The van der Waals surface area contributed by atoms with Gasteiger partial charge in [0.15, 0.2) is 0 Å². The summed E-state index contributed by atoms with van der Waals surface area (Å²) in [4.78, 5) is 29.9. The normalized spacial score (nSPS) is 37.3. The Kier molecular flexibility index (Phi) is 8.43. The van der Waals surface area contributed by atoms with Gasteiger partial charge in [0.2, 0.25) is 5.91 Å². The molecular weight excluding hydrogens is 639 g/mol. The first kappa shape index (κ1) is 33.0. The van der Waals surface area contributed by atoms with Crippen molar-refractivity contribution in [3.8, 4) is 5.75 Å². The van der Waals surface area contributed by atoms with Crippen LogP contribution in [0.15, 0.2) is 52.9 Å². The second-order valence-electron chi connectivity index (χ2n) is 15.8. The Morgan fingerprint density at radius 3 is 2.80 bits per heavy atom. The number of nitrogens with one attached hydrogen (secondary N) is 1. The Balaban J connectivity index is 1.19. The molecule has 2 amide bonds. The average Bonchev–Trinajstić information content (AvgIpc) is 3.67. The van der Waals surface area contributed by atoms with Crippen LogP contribution in [0, 0.1) is 36.0 Å². The minimum atomic E-state index is -3.43. The zero-order valence-electron chi connectivity index (χ0n) is 29.0. The number of aryl methyl sites for hydroxylation is 2. The third-order valence-corrected chi connectivity index (χ3v) is 14.3. The molecular formula is C39H49N3O6S. The molecule has 10 heteroatoms. The number of amides is 2. The third kappa shape index (κ3) is 6.01. The molecule has 9 nitrogen and oxygen atoms in total. The maximum absolute atomic E-state index is 14.5. The lowest BCUT2D eigenvalue weighted by atomic mass is 9.68. The molecule has 1 spiro atoms. The van der Waals surface area contributed by atoms with Gasteiger partial charge in [0.05, 0.1) is 42.8 Å². The summed E-state index contributed by atoms with van der Waals surface area (Å²) < 4.78 is 40.0. The summed E-state index contributed by atoms with van der Waals surface area (Å²) >= 11 is 0. The Hall–Kier alpha value is -3.21.